The highest BCUT2D eigenvalue weighted by Crippen LogP contribution is 2.51. The lowest BCUT2D eigenvalue weighted by Crippen LogP contribution is -2.24. The zero-order valence-corrected chi connectivity index (χ0v) is 35.9. The largest absolute Gasteiger partial charge is 0.309 e. The zero-order chi connectivity index (χ0) is 43.1. The quantitative estimate of drug-likeness (QED) is 0.164. The Morgan fingerprint density at radius 2 is 1.05 bits per heavy atom. The van der Waals surface area contributed by atoms with Gasteiger partial charge in [-0.2, -0.15) is 0 Å². The van der Waals surface area contributed by atoms with Gasteiger partial charge in [-0.1, -0.05) is 189 Å². The van der Waals surface area contributed by atoms with Crippen molar-refractivity contribution in [3.8, 4) is 56.0 Å². The molecule has 0 N–H and O–H groups in total. The highest BCUT2D eigenvalue weighted by atomic mass is 15.0. The Hall–Kier alpha value is -8.27. The number of benzene rings is 8. The first-order valence-electron chi connectivity index (χ1n) is 22.6. The summed E-state index contributed by atoms with van der Waals surface area (Å²) in [5.41, 5.74) is 17.5. The first-order chi connectivity index (χ1) is 32.1. The fraction of sp³-hybridized carbons (Fsp3) is 0.0484. The summed E-state index contributed by atoms with van der Waals surface area (Å²) in [5.74, 6) is 0.223. The van der Waals surface area contributed by atoms with Crippen molar-refractivity contribution in [3.05, 3.63) is 242 Å². The minimum Gasteiger partial charge on any atom is -0.309 e. The van der Waals surface area contributed by atoms with E-state index in [1.807, 2.05) is 12.3 Å². The summed E-state index contributed by atoms with van der Waals surface area (Å²) in [6, 6.07) is 70.8. The predicted molar refractivity (Wildman–Crippen MR) is 273 cm³/mol. The topological polar surface area (TPSA) is 22.8 Å². The van der Waals surface area contributed by atoms with Gasteiger partial charge in [-0.05, 0) is 98.3 Å². The number of rotatable bonds is 6. The van der Waals surface area contributed by atoms with Crippen molar-refractivity contribution < 1.29 is 0 Å². The molecule has 3 heteroatoms. The van der Waals surface area contributed by atoms with Crippen molar-refractivity contribution >= 4 is 49.6 Å². The number of nitrogens with zero attached hydrogens (tertiary/aromatic N) is 3. The number of pyridine rings is 1. The molecule has 3 aromatic heterocycles. The highest BCUT2D eigenvalue weighted by molar-refractivity contribution is 6.21. The molecular weight excluding hydrogens is 787 g/mol. The summed E-state index contributed by atoms with van der Waals surface area (Å²) in [6.45, 7) is 2.35. The molecule has 306 valence electrons. The van der Waals surface area contributed by atoms with Crippen LogP contribution in [0.25, 0.3) is 106 Å². The van der Waals surface area contributed by atoms with Crippen LogP contribution in [0.15, 0.2) is 231 Å². The Labute approximate surface area is 378 Å². The van der Waals surface area contributed by atoms with Gasteiger partial charge >= 0.3 is 0 Å². The van der Waals surface area contributed by atoms with Gasteiger partial charge in [-0.25, -0.2) is 0 Å². The van der Waals surface area contributed by atoms with Crippen molar-refractivity contribution in [2.24, 2.45) is 5.41 Å². The molecule has 0 radical (unpaired) electrons. The standard InChI is InChI=1S/C62H43N3/c1-62-36-11-10-18-54(62)61-53-32-26-48(39-59(53)65(57(61)35-37-62)50-30-33-55(63-40-50)46-15-6-3-7-16-46)47-25-31-52-58(38-47)64(56-34-27-45-14-8-9-17-51(45)60(52)56)49-28-23-44(24-29-49)43-21-19-42(20-22-43)41-12-4-2-5-13-41/h2-40,54H,1H3. The predicted octanol–water partition coefficient (Wildman–Crippen LogP) is 16.2. The van der Waals surface area contributed by atoms with E-state index in [2.05, 4.69) is 241 Å². The number of hydrogen-bond donors (Lipinski definition) is 0. The molecule has 2 aliphatic rings. The molecule has 2 atom stereocenters. The molecule has 2 aliphatic carbocycles. The van der Waals surface area contributed by atoms with Crippen LogP contribution >= 0.6 is 0 Å². The Morgan fingerprint density at radius 1 is 0.446 bits per heavy atom. The zero-order valence-electron chi connectivity index (χ0n) is 35.9. The van der Waals surface area contributed by atoms with Crippen LogP contribution in [0.1, 0.15) is 24.1 Å². The van der Waals surface area contributed by atoms with E-state index in [1.165, 1.54) is 88.1 Å². The molecule has 0 amide bonds. The molecule has 3 heterocycles. The van der Waals surface area contributed by atoms with Crippen molar-refractivity contribution in [3.63, 3.8) is 0 Å². The third kappa shape index (κ3) is 6.00. The molecule has 0 saturated heterocycles. The molecule has 0 spiro atoms. The average Bonchev–Trinajstić information content (AvgIpc) is 3.89. The van der Waals surface area contributed by atoms with Crippen LogP contribution in [-0.2, 0) is 0 Å². The van der Waals surface area contributed by atoms with Crippen LogP contribution < -0.4 is 0 Å². The molecule has 0 fully saturated rings. The third-order valence-corrected chi connectivity index (χ3v) is 14.0. The van der Waals surface area contributed by atoms with Crippen molar-refractivity contribution in [2.75, 3.05) is 0 Å². The van der Waals surface area contributed by atoms with E-state index in [9.17, 15) is 0 Å². The van der Waals surface area contributed by atoms with Crippen LogP contribution in [0.3, 0.4) is 0 Å². The second-order valence-electron chi connectivity index (χ2n) is 17.8. The van der Waals surface area contributed by atoms with Gasteiger partial charge < -0.3 is 9.13 Å². The maximum Gasteiger partial charge on any atom is 0.0703 e. The normalized spacial score (nSPS) is 16.4. The third-order valence-electron chi connectivity index (χ3n) is 14.0. The van der Waals surface area contributed by atoms with Gasteiger partial charge in [0.25, 0.3) is 0 Å². The van der Waals surface area contributed by atoms with Crippen LogP contribution in [0.4, 0.5) is 0 Å². The lowest BCUT2D eigenvalue weighted by Gasteiger charge is -2.36. The van der Waals surface area contributed by atoms with Gasteiger partial charge in [0.05, 0.1) is 39.8 Å². The molecule has 0 bridgehead atoms. The molecule has 2 unspecified atom stereocenters. The van der Waals surface area contributed by atoms with Crippen LogP contribution in [0, 0.1) is 5.41 Å². The summed E-state index contributed by atoms with van der Waals surface area (Å²) in [6.07, 6.45) is 15.9. The smallest absolute Gasteiger partial charge is 0.0703 e. The maximum absolute atomic E-state index is 5.02. The summed E-state index contributed by atoms with van der Waals surface area (Å²) >= 11 is 0. The lowest BCUT2D eigenvalue weighted by molar-refractivity contribution is 0.481. The van der Waals surface area contributed by atoms with Gasteiger partial charge in [-0.3, -0.25) is 4.98 Å². The van der Waals surface area contributed by atoms with Crippen LogP contribution in [-0.4, -0.2) is 14.1 Å². The number of aromatic nitrogens is 3. The molecule has 0 aliphatic heterocycles. The van der Waals surface area contributed by atoms with E-state index in [1.54, 1.807) is 0 Å². The van der Waals surface area contributed by atoms with E-state index in [0.29, 0.717) is 0 Å². The summed E-state index contributed by atoms with van der Waals surface area (Å²) in [5, 5.41) is 6.30. The first kappa shape index (κ1) is 37.3. The number of allylic oxidation sites excluding steroid dienone is 5. The van der Waals surface area contributed by atoms with Gasteiger partial charge in [0.15, 0.2) is 0 Å². The van der Waals surface area contributed by atoms with E-state index in [-0.39, 0.29) is 11.3 Å². The minimum atomic E-state index is -0.0945. The van der Waals surface area contributed by atoms with Crippen LogP contribution in [0.2, 0.25) is 0 Å². The van der Waals surface area contributed by atoms with Gasteiger partial charge in [-0.15, -0.1) is 0 Å². The van der Waals surface area contributed by atoms with Gasteiger partial charge in [0.1, 0.15) is 0 Å². The molecule has 65 heavy (non-hydrogen) atoms. The maximum atomic E-state index is 5.02. The van der Waals surface area contributed by atoms with E-state index in [4.69, 9.17) is 4.98 Å². The summed E-state index contributed by atoms with van der Waals surface area (Å²) in [7, 11) is 0. The molecule has 13 rings (SSSR count). The lowest BCUT2D eigenvalue weighted by atomic mass is 9.68. The van der Waals surface area contributed by atoms with Gasteiger partial charge in [0.2, 0.25) is 0 Å². The molecule has 8 aromatic carbocycles. The molecule has 11 aromatic rings. The number of hydrogen-bond acceptors (Lipinski definition) is 1. The summed E-state index contributed by atoms with van der Waals surface area (Å²) in [4.78, 5) is 5.02. The van der Waals surface area contributed by atoms with E-state index < -0.39 is 0 Å². The first-order valence-corrected chi connectivity index (χ1v) is 22.6. The molecule has 0 saturated carbocycles. The highest BCUT2D eigenvalue weighted by Gasteiger charge is 2.37. The Bertz CT molecular complexity index is 3740. The van der Waals surface area contributed by atoms with Crippen molar-refractivity contribution in [2.45, 2.75) is 12.8 Å². The minimum absolute atomic E-state index is 0.0945. The second kappa shape index (κ2) is 14.7. The Morgan fingerprint density at radius 3 is 1.75 bits per heavy atom. The summed E-state index contributed by atoms with van der Waals surface area (Å²) < 4.78 is 4.88. The van der Waals surface area contributed by atoms with E-state index >= 15 is 0 Å². The van der Waals surface area contributed by atoms with Gasteiger partial charge in [0, 0.05) is 38.7 Å². The second-order valence-corrected chi connectivity index (χ2v) is 17.8. The fourth-order valence-electron chi connectivity index (χ4n) is 10.7. The SMILES string of the molecule is CC12C=CC=CC1c1c(n(-c3ccc(-c4ccccc4)nc3)c3cc(-c4ccc5c6c7ccccc7ccc6n(-c6ccc(-c7ccc(-c8ccccc8)cc7)cc6)c5c4)ccc13)C=C2. The van der Waals surface area contributed by atoms with Crippen molar-refractivity contribution in [1.29, 1.82) is 0 Å². The molecule has 3 nitrogen and oxygen atoms in total. The monoisotopic (exact) mass is 829 g/mol. The average molecular weight is 830 g/mol. The molecular formula is C62H43N3. The number of fused-ring (bicyclic) bond motifs is 10. The fourth-order valence-corrected chi connectivity index (χ4v) is 10.7. The van der Waals surface area contributed by atoms with E-state index in [0.717, 1.165) is 22.6 Å². The Balaban J connectivity index is 0.965. The Kier molecular flexibility index (Phi) is 8.41. The van der Waals surface area contributed by atoms with Crippen LogP contribution in [0.5, 0.6) is 0 Å². The van der Waals surface area contributed by atoms with Crippen molar-refractivity contribution in [1.82, 2.24) is 14.1 Å².